The molecule has 6 rings (SSSR count). The van der Waals surface area contributed by atoms with Crippen molar-refractivity contribution in [3.63, 3.8) is 0 Å². The number of aromatic nitrogens is 2. The number of nitrogens with zero attached hydrogens (tertiary/aromatic N) is 2. The summed E-state index contributed by atoms with van der Waals surface area (Å²) in [6.07, 6.45) is 0. The number of pyridine rings is 2. The van der Waals surface area contributed by atoms with Gasteiger partial charge in [-0.05, 0) is 48.2 Å². The highest BCUT2D eigenvalue weighted by atomic mass is 16.3. The first-order valence-corrected chi connectivity index (χ1v) is 11.2. The van der Waals surface area contributed by atoms with Crippen LogP contribution in [0.5, 0.6) is 0 Å². The monoisotopic (exact) mass is 432 g/mol. The van der Waals surface area contributed by atoms with Crippen molar-refractivity contribution in [3.05, 3.63) is 84.1 Å². The lowest BCUT2D eigenvalue weighted by atomic mass is 9.86. The zero-order valence-electron chi connectivity index (χ0n) is 19.1. The van der Waals surface area contributed by atoms with E-state index in [4.69, 9.17) is 13.8 Å². The SMILES string of the molecule is Cc1ccc2c(n1)oc1c(-c3ccc4oc(-c5ccc(C(C)(C)C)cc5)cc4n3)cccc12. The van der Waals surface area contributed by atoms with Crippen molar-refractivity contribution in [3.8, 4) is 22.6 Å². The van der Waals surface area contributed by atoms with Gasteiger partial charge in [0.1, 0.15) is 16.9 Å². The summed E-state index contributed by atoms with van der Waals surface area (Å²) in [5.74, 6) is 0.816. The molecule has 4 nitrogen and oxygen atoms in total. The summed E-state index contributed by atoms with van der Waals surface area (Å²) in [7, 11) is 0. The molecule has 0 aliphatic rings. The summed E-state index contributed by atoms with van der Waals surface area (Å²) in [5, 5.41) is 2.06. The maximum Gasteiger partial charge on any atom is 0.227 e. The van der Waals surface area contributed by atoms with E-state index in [9.17, 15) is 0 Å². The van der Waals surface area contributed by atoms with Gasteiger partial charge in [-0.3, -0.25) is 0 Å². The molecule has 0 amide bonds. The minimum absolute atomic E-state index is 0.120. The van der Waals surface area contributed by atoms with Crippen molar-refractivity contribution in [1.82, 2.24) is 9.97 Å². The number of fused-ring (bicyclic) bond motifs is 4. The minimum Gasteiger partial charge on any atom is -0.454 e. The maximum absolute atomic E-state index is 6.17. The molecule has 0 saturated carbocycles. The van der Waals surface area contributed by atoms with Gasteiger partial charge in [0.15, 0.2) is 5.58 Å². The molecule has 2 aromatic carbocycles. The van der Waals surface area contributed by atoms with E-state index in [1.165, 1.54) is 5.56 Å². The van der Waals surface area contributed by atoms with Crippen LogP contribution in [-0.4, -0.2) is 9.97 Å². The Balaban J connectivity index is 1.44. The lowest BCUT2D eigenvalue weighted by Gasteiger charge is -2.18. The fourth-order valence-electron chi connectivity index (χ4n) is 4.32. The molecule has 6 aromatic rings. The number of furan rings is 2. The first-order chi connectivity index (χ1) is 15.9. The Morgan fingerprint density at radius 2 is 1.58 bits per heavy atom. The van der Waals surface area contributed by atoms with Gasteiger partial charge in [-0.25, -0.2) is 9.97 Å². The first-order valence-electron chi connectivity index (χ1n) is 11.2. The molecular weight excluding hydrogens is 408 g/mol. The van der Waals surface area contributed by atoms with Gasteiger partial charge >= 0.3 is 0 Å². The summed E-state index contributed by atoms with van der Waals surface area (Å²) in [4.78, 5) is 9.47. The molecule has 33 heavy (non-hydrogen) atoms. The number of hydrogen-bond donors (Lipinski definition) is 0. The van der Waals surface area contributed by atoms with Crippen LogP contribution < -0.4 is 0 Å². The Morgan fingerprint density at radius 1 is 0.758 bits per heavy atom. The lowest BCUT2D eigenvalue weighted by molar-refractivity contribution is 0.590. The third-order valence-corrected chi connectivity index (χ3v) is 6.19. The van der Waals surface area contributed by atoms with Crippen molar-refractivity contribution < 1.29 is 8.83 Å². The standard InChI is InChI=1S/C29H24N2O2/c1-17-8-13-21-20-6-5-7-22(27(20)33-28(21)30-17)23-14-15-25-24(31-23)16-26(32-25)18-9-11-19(12-10-18)29(2,3)4/h5-16H,1-4H3. The molecule has 0 aliphatic carbocycles. The van der Waals surface area contributed by atoms with Gasteiger partial charge in [-0.15, -0.1) is 0 Å². The topological polar surface area (TPSA) is 52.1 Å². The molecule has 0 spiro atoms. The second kappa shape index (κ2) is 7.04. The molecule has 4 aromatic heterocycles. The largest absolute Gasteiger partial charge is 0.454 e. The van der Waals surface area contributed by atoms with Crippen LogP contribution in [-0.2, 0) is 5.41 Å². The molecule has 0 bridgehead atoms. The van der Waals surface area contributed by atoms with E-state index in [1.807, 2.05) is 43.3 Å². The molecule has 0 unspecified atom stereocenters. The van der Waals surface area contributed by atoms with Crippen molar-refractivity contribution in [2.45, 2.75) is 33.1 Å². The van der Waals surface area contributed by atoms with E-state index >= 15 is 0 Å². The van der Waals surface area contributed by atoms with Gasteiger partial charge in [0.2, 0.25) is 5.71 Å². The summed E-state index contributed by atoms with van der Waals surface area (Å²) in [6.45, 7) is 8.62. The smallest absolute Gasteiger partial charge is 0.227 e. The Hall–Kier alpha value is -3.92. The first kappa shape index (κ1) is 19.7. The van der Waals surface area contributed by atoms with Crippen LogP contribution in [0.2, 0.25) is 0 Å². The lowest BCUT2D eigenvalue weighted by Crippen LogP contribution is -2.10. The third-order valence-electron chi connectivity index (χ3n) is 6.19. The molecular formula is C29H24N2O2. The van der Waals surface area contributed by atoms with E-state index in [-0.39, 0.29) is 5.41 Å². The van der Waals surface area contributed by atoms with E-state index in [0.717, 1.165) is 55.7 Å². The summed E-state index contributed by atoms with van der Waals surface area (Å²) < 4.78 is 12.3. The number of aryl methyl sites for hydroxylation is 1. The molecule has 0 N–H and O–H groups in total. The highest BCUT2D eigenvalue weighted by Gasteiger charge is 2.17. The van der Waals surface area contributed by atoms with Gasteiger partial charge in [0, 0.05) is 33.7 Å². The predicted octanol–water partition coefficient (Wildman–Crippen LogP) is 8.06. The Morgan fingerprint density at radius 3 is 2.36 bits per heavy atom. The number of benzene rings is 2. The summed E-state index contributed by atoms with van der Waals surface area (Å²) in [6, 6.07) is 24.8. The van der Waals surface area contributed by atoms with Gasteiger partial charge in [-0.1, -0.05) is 57.2 Å². The number of hydrogen-bond acceptors (Lipinski definition) is 4. The van der Waals surface area contributed by atoms with E-state index in [2.05, 4.69) is 62.2 Å². The Bertz CT molecular complexity index is 1650. The molecule has 0 saturated heterocycles. The number of rotatable bonds is 2. The fourth-order valence-corrected chi connectivity index (χ4v) is 4.32. The summed E-state index contributed by atoms with van der Waals surface area (Å²) >= 11 is 0. The van der Waals surface area contributed by atoms with Crippen LogP contribution in [0.25, 0.3) is 55.7 Å². The highest BCUT2D eigenvalue weighted by Crippen LogP contribution is 2.36. The van der Waals surface area contributed by atoms with Gasteiger partial charge in [0.05, 0.1) is 5.69 Å². The van der Waals surface area contributed by atoms with E-state index in [0.29, 0.717) is 5.71 Å². The van der Waals surface area contributed by atoms with Crippen molar-refractivity contribution >= 4 is 33.2 Å². The normalized spacial score (nSPS) is 12.2. The van der Waals surface area contributed by atoms with Crippen LogP contribution in [0.1, 0.15) is 32.0 Å². The molecule has 0 aliphatic heterocycles. The van der Waals surface area contributed by atoms with Crippen LogP contribution >= 0.6 is 0 Å². The van der Waals surface area contributed by atoms with Crippen molar-refractivity contribution in [2.75, 3.05) is 0 Å². The molecule has 4 heterocycles. The zero-order chi connectivity index (χ0) is 22.7. The van der Waals surface area contributed by atoms with Crippen molar-refractivity contribution in [1.29, 1.82) is 0 Å². The van der Waals surface area contributed by atoms with Gasteiger partial charge in [0.25, 0.3) is 0 Å². The Labute approximate surface area is 191 Å². The molecule has 0 radical (unpaired) electrons. The van der Waals surface area contributed by atoms with Gasteiger partial charge < -0.3 is 8.83 Å². The van der Waals surface area contributed by atoms with E-state index < -0.39 is 0 Å². The van der Waals surface area contributed by atoms with Gasteiger partial charge in [-0.2, -0.15) is 0 Å². The predicted molar refractivity (Wildman–Crippen MR) is 133 cm³/mol. The maximum atomic E-state index is 6.17. The van der Waals surface area contributed by atoms with Crippen molar-refractivity contribution in [2.24, 2.45) is 0 Å². The van der Waals surface area contributed by atoms with Crippen LogP contribution in [0.15, 0.2) is 81.6 Å². The van der Waals surface area contributed by atoms with E-state index in [1.54, 1.807) is 0 Å². The zero-order valence-corrected chi connectivity index (χ0v) is 19.1. The Kier molecular flexibility index (Phi) is 4.21. The molecule has 0 atom stereocenters. The third kappa shape index (κ3) is 3.30. The van der Waals surface area contributed by atoms with Crippen LogP contribution in [0.3, 0.4) is 0 Å². The average molecular weight is 433 g/mol. The molecule has 0 fully saturated rings. The minimum atomic E-state index is 0.120. The second-order valence-corrected chi connectivity index (χ2v) is 9.61. The average Bonchev–Trinajstić information content (AvgIpc) is 3.38. The highest BCUT2D eigenvalue weighted by molar-refractivity contribution is 6.08. The fraction of sp³-hybridized carbons (Fsp3) is 0.172. The number of para-hydroxylation sites is 1. The van der Waals surface area contributed by atoms with Crippen LogP contribution in [0.4, 0.5) is 0 Å². The molecule has 162 valence electrons. The summed E-state index contributed by atoms with van der Waals surface area (Å²) in [5.41, 5.74) is 8.24. The molecule has 4 heteroatoms. The quantitative estimate of drug-likeness (QED) is 0.278. The second-order valence-electron chi connectivity index (χ2n) is 9.61. The van der Waals surface area contributed by atoms with Crippen LogP contribution in [0, 0.1) is 6.92 Å².